The fourth-order valence-electron chi connectivity index (χ4n) is 1.79. The Morgan fingerprint density at radius 1 is 1.22 bits per heavy atom. The number of benzene rings is 1. The predicted octanol–water partition coefficient (Wildman–Crippen LogP) is 2.23. The van der Waals surface area contributed by atoms with Crippen molar-refractivity contribution in [1.82, 2.24) is 10.7 Å². The van der Waals surface area contributed by atoms with Crippen LogP contribution in [0.25, 0.3) is 6.08 Å². The minimum absolute atomic E-state index is 0.0994. The van der Waals surface area contributed by atoms with Crippen LogP contribution < -0.4 is 10.7 Å². The SMILES string of the molecule is O=C(CNC(=O)OCc1ccccc1)N/N=C/C=C/c1ccc([N+](=O)[O-])o1. The molecule has 0 bridgehead atoms. The van der Waals surface area contributed by atoms with Gasteiger partial charge in [-0.1, -0.05) is 30.3 Å². The number of alkyl carbamates (subject to hydrolysis) is 1. The van der Waals surface area contributed by atoms with E-state index in [0.717, 1.165) is 5.56 Å². The van der Waals surface area contributed by atoms with Gasteiger partial charge >= 0.3 is 12.0 Å². The quantitative estimate of drug-likeness (QED) is 0.414. The molecule has 2 rings (SSSR count). The topological polar surface area (TPSA) is 136 Å². The van der Waals surface area contributed by atoms with Crippen LogP contribution in [0, 0.1) is 10.1 Å². The summed E-state index contributed by atoms with van der Waals surface area (Å²) in [5, 5.41) is 16.4. The fraction of sp³-hybridized carbons (Fsp3) is 0.118. The number of hydrogen-bond donors (Lipinski definition) is 2. The molecule has 27 heavy (non-hydrogen) atoms. The molecule has 1 heterocycles. The van der Waals surface area contributed by atoms with Crippen LogP contribution in [0.2, 0.25) is 0 Å². The van der Waals surface area contributed by atoms with Gasteiger partial charge in [-0.2, -0.15) is 5.10 Å². The van der Waals surface area contributed by atoms with E-state index in [0.29, 0.717) is 0 Å². The summed E-state index contributed by atoms with van der Waals surface area (Å²) in [6.07, 6.45) is 3.38. The smallest absolute Gasteiger partial charge is 0.433 e. The number of hydrogen-bond acceptors (Lipinski definition) is 7. The molecule has 0 unspecified atom stereocenters. The van der Waals surface area contributed by atoms with Gasteiger partial charge in [-0.05, 0) is 23.8 Å². The number of allylic oxidation sites excluding steroid dienone is 1. The maximum absolute atomic E-state index is 11.5. The van der Waals surface area contributed by atoms with E-state index in [2.05, 4.69) is 15.8 Å². The Morgan fingerprint density at radius 3 is 2.70 bits per heavy atom. The highest BCUT2D eigenvalue weighted by Gasteiger charge is 2.09. The first-order valence-electron chi connectivity index (χ1n) is 7.72. The minimum Gasteiger partial charge on any atom is -0.445 e. The highest BCUT2D eigenvalue weighted by atomic mass is 16.6. The third-order valence-corrected chi connectivity index (χ3v) is 3.01. The highest BCUT2D eigenvalue weighted by molar-refractivity contribution is 5.84. The van der Waals surface area contributed by atoms with Gasteiger partial charge in [0.15, 0.2) is 0 Å². The molecule has 2 N–H and O–H groups in total. The molecule has 0 saturated carbocycles. The van der Waals surface area contributed by atoms with Crippen LogP contribution >= 0.6 is 0 Å². The Kier molecular flexibility index (Phi) is 7.27. The zero-order valence-electron chi connectivity index (χ0n) is 14.0. The maximum atomic E-state index is 11.5. The zero-order chi connectivity index (χ0) is 19.5. The molecule has 2 amide bonds. The molecule has 0 atom stereocenters. The lowest BCUT2D eigenvalue weighted by Gasteiger charge is -2.06. The van der Waals surface area contributed by atoms with Crippen LogP contribution in [0.4, 0.5) is 10.7 Å². The summed E-state index contributed by atoms with van der Waals surface area (Å²) in [6, 6.07) is 11.8. The van der Waals surface area contributed by atoms with Crippen molar-refractivity contribution in [3.63, 3.8) is 0 Å². The van der Waals surface area contributed by atoms with E-state index in [1.165, 1.54) is 30.5 Å². The van der Waals surface area contributed by atoms with Crippen molar-refractivity contribution in [3.05, 3.63) is 70.0 Å². The molecule has 0 fully saturated rings. The van der Waals surface area contributed by atoms with Gasteiger partial charge in [0.05, 0.1) is 6.07 Å². The Balaban J connectivity index is 1.63. The van der Waals surface area contributed by atoms with Gasteiger partial charge in [0.1, 0.15) is 23.8 Å². The molecule has 1 aromatic carbocycles. The number of carbonyl (C=O) groups is 2. The van der Waals surface area contributed by atoms with Crippen molar-refractivity contribution in [2.45, 2.75) is 6.61 Å². The Morgan fingerprint density at radius 2 is 2.00 bits per heavy atom. The average molecular weight is 372 g/mol. The number of nitro groups is 1. The lowest BCUT2D eigenvalue weighted by atomic mass is 10.2. The van der Waals surface area contributed by atoms with E-state index in [1.807, 2.05) is 30.3 Å². The van der Waals surface area contributed by atoms with E-state index in [1.54, 1.807) is 0 Å². The van der Waals surface area contributed by atoms with Gasteiger partial charge in [-0.25, -0.2) is 10.2 Å². The third-order valence-electron chi connectivity index (χ3n) is 3.01. The molecular weight excluding hydrogens is 356 g/mol. The monoisotopic (exact) mass is 372 g/mol. The molecule has 0 aliphatic rings. The van der Waals surface area contributed by atoms with E-state index < -0.39 is 16.9 Å². The molecule has 0 aliphatic carbocycles. The number of hydrazone groups is 1. The van der Waals surface area contributed by atoms with Crippen LogP contribution in [0.15, 0.2) is 58.1 Å². The number of ether oxygens (including phenoxy) is 1. The molecular formula is C17H16N4O6. The van der Waals surface area contributed by atoms with Gasteiger partial charge in [0.2, 0.25) is 0 Å². The maximum Gasteiger partial charge on any atom is 0.433 e. The molecule has 0 radical (unpaired) electrons. The van der Waals surface area contributed by atoms with Crippen LogP contribution in [0.5, 0.6) is 0 Å². The van der Waals surface area contributed by atoms with Crippen molar-refractivity contribution < 1.29 is 23.7 Å². The fourth-order valence-corrected chi connectivity index (χ4v) is 1.79. The zero-order valence-corrected chi connectivity index (χ0v) is 14.0. The Labute approximate surface area is 153 Å². The van der Waals surface area contributed by atoms with Gasteiger partial charge in [0, 0.05) is 6.21 Å². The molecule has 10 nitrogen and oxygen atoms in total. The van der Waals surface area contributed by atoms with Gasteiger partial charge in [-0.15, -0.1) is 0 Å². The molecule has 2 aromatic rings. The lowest BCUT2D eigenvalue weighted by molar-refractivity contribution is -0.402. The molecule has 1 aromatic heterocycles. The standard InChI is InChI=1S/C17H16N4O6/c22-15(11-18-17(23)26-12-13-5-2-1-3-6-13)20-19-10-4-7-14-8-9-16(27-14)21(24)25/h1-10H,11-12H2,(H,18,23)(H,20,22)/b7-4+,19-10+. The van der Waals surface area contributed by atoms with Crippen LogP contribution in [-0.4, -0.2) is 29.7 Å². The normalized spacial score (nSPS) is 10.8. The summed E-state index contributed by atoms with van der Waals surface area (Å²) in [5.74, 6) is -0.655. The first-order chi connectivity index (χ1) is 13.0. The number of furan rings is 1. The van der Waals surface area contributed by atoms with E-state index in [-0.39, 0.29) is 24.8 Å². The van der Waals surface area contributed by atoms with E-state index >= 15 is 0 Å². The summed E-state index contributed by atoms with van der Waals surface area (Å²) in [6.45, 7) is -0.207. The summed E-state index contributed by atoms with van der Waals surface area (Å²) in [4.78, 5) is 32.8. The summed E-state index contributed by atoms with van der Waals surface area (Å²) in [5.41, 5.74) is 3.02. The minimum atomic E-state index is -0.725. The van der Waals surface area contributed by atoms with Crippen molar-refractivity contribution in [2.75, 3.05) is 6.54 Å². The number of carbonyl (C=O) groups excluding carboxylic acids is 2. The van der Waals surface area contributed by atoms with Crippen molar-refractivity contribution >= 4 is 30.2 Å². The Bertz CT molecular complexity index is 844. The van der Waals surface area contributed by atoms with Crippen molar-refractivity contribution in [2.24, 2.45) is 5.10 Å². The number of rotatable bonds is 8. The van der Waals surface area contributed by atoms with Gasteiger partial charge < -0.3 is 14.5 Å². The largest absolute Gasteiger partial charge is 0.445 e. The predicted molar refractivity (Wildman–Crippen MR) is 95.7 cm³/mol. The average Bonchev–Trinajstić information content (AvgIpc) is 3.14. The van der Waals surface area contributed by atoms with Crippen LogP contribution in [0.3, 0.4) is 0 Å². The second kappa shape index (κ2) is 10.1. The van der Waals surface area contributed by atoms with Crippen LogP contribution in [0.1, 0.15) is 11.3 Å². The summed E-state index contributed by atoms with van der Waals surface area (Å²) in [7, 11) is 0. The molecule has 0 aliphatic heterocycles. The number of amides is 2. The molecule has 0 spiro atoms. The third kappa shape index (κ3) is 7.22. The summed E-state index contributed by atoms with van der Waals surface area (Å²) < 4.78 is 9.85. The van der Waals surface area contributed by atoms with Crippen molar-refractivity contribution in [3.8, 4) is 0 Å². The first kappa shape index (κ1) is 19.4. The van der Waals surface area contributed by atoms with Crippen LogP contribution in [-0.2, 0) is 16.1 Å². The number of nitrogens with zero attached hydrogens (tertiary/aromatic N) is 2. The lowest BCUT2D eigenvalue weighted by Crippen LogP contribution is -2.35. The summed E-state index contributed by atoms with van der Waals surface area (Å²) >= 11 is 0. The first-order valence-corrected chi connectivity index (χ1v) is 7.72. The van der Waals surface area contributed by atoms with Gasteiger partial charge in [-0.3, -0.25) is 14.9 Å². The second-order valence-corrected chi connectivity index (χ2v) is 5.02. The van der Waals surface area contributed by atoms with E-state index in [9.17, 15) is 19.7 Å². The second-order valence-electron chi connectivity index (χ2n) is 5.02. The highest BCUT2D eigenvalue weighted by Crippen LogP contribution is 2.16. The number of nitrogens with one attached hydrogen (secondary N) is 2. The van der Waals surface area contributed by atoms with Crippen molar-refractivity contribution in [1.29, 1.82) is 0 Å². The molecule has 0 saturated heterocycles. The molecule has 140 valence electrons. The van der Waals surface area contributed by atoms with Gasteiger partial charge in [0.25, 0.3) is 5.91 Å². The van der Waals surface area contributed by atoms with E-state index in [4.69, 9.17) is 9.15 Å². The molecule has 10 heteroatoms. The Hall–Kier alpha value is -3.95.